The molecule has 4 nitrogen and oxygen atoms in total. The van der Waals surface area contributed by atoms with Gasteiger partial charge in [-0.05, 0) is 32.6 Å². The molecule has 0 aliphatic carbocycles. The molecule has 0 aromatic carbocycles. The zero-order valence-electron chi connectivity index (χ0n) is 9.27. The number of carboxylic acids is 1. The third-order valence-corrected chi connectivity index (χ3v) is 2.77. The van der Waals surface area contributed by atoms with Crippen LogP contribution in [0.3, 0.4) is 0 Å². The molecule has 0 radical (unpaired) electrons. The highest BCUT2D eigenvalue weighted by molar-refractivity contribution is 5.68. The summed E-state index contributed by atoms with van der Waals surface area (Å²) in [6.07, 6.45) is 3.45. The molecule has 4 heteroatoms. The van der Waals surface area contributed by atoms with Gasteiger partial charge in [0, 0.05) is 12.4 Å². The smallest absolute Gasteiger partial charge is 0.305 e. The average molecular weight is 208 g/mol. The van der Waals surface area contributed by atoms with Crippen LogP contribution in [0.4, 0.5) is 0 Å². The van der Waals surface area contributed by atoms with Crippen molar-refractivity contribution >= 4 is 5.97 Å². The van der Waals surface area contributed by atoms with E-state index in [9.17, 15) is 4.79 Å². The molecule has 1 N–H and O–H groups in total. The molecule has 0 amide bonds. The Morgan fingerprint density at radius 2 is 2.27 bits per heavy atom. The van der Waals surface area contributed by atoms with E-state index in [0.717, 1.165) is 5.56 Å². The van der Waals surface area contributed by atoms with Gasteiger partial charge in [-0.3, -0.25) is 14.7 Å². The molecular weight excluding hydrogens is 192 g/mol. The van der Waals surface area contributed by atoms with E-state index in [1.807, 2.05) is 38.1 Å². The maximum atomic E-state index is 10.8. The molecule has 0 saturated heterocycles. The minimum Gasteiger partial charge on any atom is -0.481 e. The minimum absolute atomic E-state index is 0.0612. The lowest BCUT2D eigenvalue weighted by Gasteiger charge is -2.35. The summed E-state index contributed by atoms with van der Waals surface area (Å²) >= 11 is 0. The molecule has 1 unspecified atom stereocenters. The first kappa shape index (κ1) is 11.7. The van der Waals surface area contributed by atoms with Crippen LogP contribution in [0.1, 0.15) is 18.9 Å². The number of pyridine rings is 1. The van der Waals surface area contributed by atoms with Crippen LogP contribution in [0, 0.1) is 0 Å². The molecule has 1 rings (SSSR count). The first-order valence-corrected chi connectivity index (χ1v) is 4.76. The second-order valence-electron chi connectivity index (χ2n) is 3.98. The number of carbonyl (C=O) groups is 1. The van der Waals surface area contributed by atoms with Crippen LogP contribution in [-0.4, -0.2) is 35.1 Å². The molecular formula is C11H16N2O2. The third kappa shape index (κ3) is 2.53. The molecule has 0 bridgehead atoms. The molecule has 0 aliphatic heterocycles. The SMILES string of the molecule is CN(C)C(C)(CC(=O)O)c1cccnc1. The van der Waals surface area contributed by atoms with Crippen molar-refractivity contribution in [3.05, 3.63) is 30.1 Å². The quantitative estimate of drug-likeness (QED) is 0.811. The van der Waals surface area contributed by atoms with Crippen molar-refractivity contribution in [3.8, 4) is 0 Å². The lowest BCUT2D eigenvalue weighted by molar-refractivity contribution is -0.140. The highest BCUT2D eigenvalue weighted by atomic mass is 16.4. The summed E-state index contributed by atoms with van der Waals surface area (Å²) in [5, 5.41) is 8.91. The summed E-state index contributed by atoms with van der Waals surface area (Å²) in [7, 11) is 3.74. The Bertz CT molecular complexity index is 338. The van der Waals surface area contributed by atoms with Crippen molar-refractivity contribution in [1.29, 1.82) is 0 Å². The van der Waals surface area contributed by atoms with Gasteiger partial charge in [0.15, 0.2) is 0 Å². The summed E-state index contributed by atoms with van der Waals surface area (Å²) in [4.78, 5) is 16.8. The number of hydrogen-bond donors (Lipinski definition) is 1. The number of hydrogen-bond acceptors (Lipinski definition) is 3. The van der Waals surface area contributed by atoms with Crippen LogP contribution in [0.5, 0.6) is 0 Å². The van der Waals surface area contributed by atoms with Crippen molar-refractivity contribution in [2.75, 3.05) is 14.1 Å². The fourth-order valence-corrected chi connectivity index (χ4v) is 1.49. The van der Waals surface area contributed by atoms with E-state index in [-0.39, 0.29) is 6.42 Å². The molecule has 0 saturated carbocycles. The van der Waals surface area contributed by atoms with Gasteiger partial charge >= 0.3 is 5.97 Å². The van der Waals surface area contributed by atoms with E-state index >= 15 is 0 Å². The fourth-order valence-electron chi connectivity index (χ4n) is 1.49. The van der Waals surface area contributed by atoms with E-state index in [0.29, 0.717) is 0 Å². The van der Waals surface area contributed by atoms with Crippen molar-refractivity contribution in [2.45, 2.75) is 18.9 Å². The summed E-state index contributed by atoms with van der Waals surface area (Å²) in [6.45, 7) is 1.90. The van der Waals surface area contributed by atoms with Gasteiger partial charge in [0.25, 0.3) is 0 Å². The van der Waals surface area contributed by atoms with E-state index < -0.39 is 11.5 Å². The third-order valence-electron chi connectivity index (χ3n) is 2.77. The van der Waals surface area contributed by atoms with E-state index in [1.54, 1.807) is 12.4 Å². The summed E-state index contributed by atoms with van der Waals surface area (Å²) in [5.41, 5.74) is 0.400. The van der Waals surface area contributed by atoms with Gasteiger partial charge < -0.3 is 5.11 Å². The number of aromatic nitrogens is 1. The van der Waals surface area contributed by atoms with Crippen LogP contribution < -0.4 is 0 Å². The minimum atomic E-state index is -0.810. The Labute approximate surface area is 89.6 Å². The molecule has 1 heterocycles. The van der Waals surface area contributed by atoms with Gasteiger partial charge in [-0.2, -0.15) is 0 Å². The van der Waals surface area contributed by atoms with Gasteiger partial charge in [0.1, 0.15) is 0 Å². The van der Waals surface area contributed by atoms with Crippen molar-refractivity contribution in [3.63, 3.8) is 0 Å². The monoisotopic (exact) mass is 208 g/mol. The van der Waals surface area contributed by atoms with Gasteiger partial charge in [-0.15, -0.1) is 0 Å². The number of rotatable bonds is 4. The zero-order chi connectivity index (χ0) is 11.5. The molecule has 1 aromatic rings. The highest BCUT2D eigenvalue weighted by Crippen LogP contribution is 2.28. The number of nitrogens with zero attached hydrogens (tertiary/aromatic N) is 2. The van der Waals surface area contributed by atoms with Crippen LogP contribution in [0.15, 0.2) is 24.5 Å². The van der Waals surface area contributed by atoms with Gasteiger partial charge in [-0.25, -0.2) is 0 Å². The van der Waals surface area contributed by atoms with Crippen molar-refractivity contribution in [1.82, 2.24) is 9.88 Å². The summed E-state index contributed by atoms with van der Waals surface area (Å²) in [5.74, 6) is -0.810. The lowest BCUT2D eigenvalue weighted by Crippen LogP contribution is -2.40. The predicted octanol–water partition coefficient (Wildman–Crippen LogP) is 1.33. The largest absolute Gasteiger partial charge is 0.481 e. The summed E-state index contributed by atoms with van der Waals surface area (Å²) < 4.78 is 0. The average Bonchev–Trinajstić information content (AvgIpc) is 2.17. The van der Waals surface area contributed by atoms with Crippen LogP contribution >= 0.6 is 0 Å². The van der Waals surface area contributed by atoms with Crippen LogP contribution in [0.25, 0.3) is 0 Å². The standard InChI is InChI=1S/C11H16N2O2/c1-11(13(2)3,7-10(14)15)9-5-4-6-12-8-9/h4-6,8H,7H2,1-3H3,(H,14,15). The molecule has 1 atom stereocenters. The topological polar surface area (TPSA) is 53.4 Å². The Hall–Kier alpha value is -1.42. The van der Waals surface area contributed by atoms with Gasteiger partial charge in [0.05, 0.1) is 12.0 Å². The summed E-state index contributed by atoms with van der Waals surface area (Å²) in [6, 6.07) is 3.72. The molecule has 82 valence electrons. The molecule has 0 fully saturated rings. The molecule has 1 aromatic heterocycles. The van der Waals surface area contributed by atoms with Gasteiger partial charge in [-0.1, -0.05) is 6.07 Å². The molecule has 15 heavy (non-hydrogen) atoms. The molecule has 0 aliphatic rings. The number of carboxylic acid groups (broad SMARTS) is 1. The van der Waals surface area contributed by atoms with E-state index in [1.165, 1.54) is 0 Å². The Balaban J connectivity index is 3.07. The van der Waals surface area contributed by atoms with Gasteiger partial charge in [0.2, 0.25) is 0 Å². The highest BCUT2D eigenvalue weighted by Gasteiger charge is 2.31. The predicted molar refractivity (Wildman–Crippen MR) is 57.5 cm³/mol. The Morgan fingerprint density at radius 1 is 1.60 bits per heavy atom. The second-order valence-corrected chi connectivity index (χ2v) is 3.98. The second kappa shape index (κ2) is 4.40. The maximum Gasteiger partial charge on any atom is 0.305 e. The fraction of sp³-hybridized carbons (Fsp3) is 0.455. The first-order chi connectivity index (χ1) is 6.97. The Kier molecular flexibility index (Phi) is 3.42. The number of aliphatic carboxylic acids is 1. The maximum absolute atomic E-state index is 10.8. The van der Waals surface area contributed by atoms with Crippen LogP contribution in [-0.2, 0) is 10.3 Å². The van der Waals surface area contributed by atoms with Crippen molar-refractivity contribution < 1.29 is 9.90 Å². The zero-order valence-corrected chi connectivity index (χ0v) is 9.27. The molecule has 0 spiro atoms. The lowest BCUT2D eigenvalue weighted by atomic mass is 9.88. The van der Waals surface area contributed by atoms with Crippen molar-refractivity contribution in [2.24, 2.45) is 0 Å². The van der Waals surface area contributed by atoms with E-state index in [2.05, 4.69) is 4.98 Å². The first-order valence-electron chi connectivity index (χ1n) is 4.76. The van der Waals surface area contributed by atoms with Crippen LogP contribution in [0.2, 0.25) is 0 Å². The normalized spacial score (nSPS) is 14.9. The Morgan fingerprint density at radius 3 is 2.67 bits per heavy atom. The van der Waals surface area contributed by atoms with E-state index in [4.69, 9.17) is 5.11 Å².